The third kappa shape index (κ3) is 3.29. The molecule has 2 atom stereocenters. The molecule has 0 spiro atoms. The van der Waals surface area contributed by atoms with Gasteiger partial charge in [0.05, 0.1) is 12.6 Å². The summed E-state index contributed by atoms with van der Waals surface area (Å²) in [5.41, 5.74) is 0.342. The maximum atomic E-state index is 12.2. The molecule has 1 N–H and O–H groups in total. The molecule has 1 aliphatic rings. The van der Waals surface area contributed by atoms with Gasteiger partial charge in [-0.25, -0.2) is 9.48 Å². The standard InChI is InChI=1S/C16H22N4O3/c1-18(11-12-5-4-6-13(12)21)15(22)8-10-20-16(23)19-9-3-2-7-14(19)17-20/h2-3,7,9,12-13,21H,4-6,8,10-11H2,1H3. The second-order valence-corrected chi connectivity index (χ2v) is 6.22. The fourth-order valence-electron chi connectivity index (χ4n) is 3.19. The zero-order chi connectivity index (χ0) is 16.4. The number of hydrogen-bond donors (Lipinski definition) is 1. The third-order valence-corrected chi connectivity index (χ3v) is 4.58. The number of carbonyl (C=O) groups excluding carboxylic acids is 1. The smallest absolute Gasteiger partial charge is 0.350 e. The SMILES string of the molecule is CN(CC1CCCC1O)C(=O)CCn1nc2ccccn2c1=O. The van der Waals surface area contributed by atoms with E-state index in [2.05, 4.69) is 5.10 Å². The lowest BCUT2D eigenvalue weighted by Gasteiger charge is -2.23. The zero-order valence-corrected chi connectivity index (χ0v) is 13.3. The second kappa shape index (κ2) is 6.54. The summed E-state index contributed by atoms with van der Waals surface area (Å²) in [6.07, 6.45) is 4.39. The predicted molar refractivity (Wildman–Crippen MR) is 85.1 cm³/mol. The number of carbonyl (C=O) groups is 1. The van der Waals surface area contributed by atoms with Crippen LogP contribution in [0.1, 0.15) is 25.7 Å². The molecule has 0 aliphatic heterocycles. The highest BCUT2D eigenvalue weighted by Gasteiger charge is 2.27. The van der Waals surface area contributed by atoms with Gasteiger partial charge in [-0.3, -0.25) is 9.20 Å². The van der Waals surface area contributed by atoms with Crippen molar-refractivity contribution in [2.45, 2.75) is 38.3 Å². The highest BCUT2D eigenvalue weighted by atomic mass is 16.3. The first kappa shape index (κ1) is 15.7. The Labute approximate surface area is 134 Å². The largest absolute Gasteiger partial charge is 0.393 e. The number of hydrogen-bond acceptors (Lipinski definition) is 4. The average Bonchev–Trinajstić information content (AvgIpc) is 3.09. The molecule has 0 bridgehead atoms. The maximum Gasteiger partial charge on any atom is 0.350 e. The number of amides is 1. The number of fused-ring (bicyclic) bond motifs is 1. The van der Waals surface area contributed by atoms with Crippen LogP contribution in [0.15, 0.2) is 29.2 Å². The van der Waals surface area contributed by atoms with Crippen molar-refractivity contribution in [3.63, 3.8) is 0 Å². The molecule has 2 aromatic heterocycles. The molecule has 7 nitrogen and oxygen atoms in total. The van der Waals surface area contributed by atoms with E-state index >= 15 is 0 Å². The fraction of sp³-hybridized carbons (Fsp3) is 0.562. The van der Waals surface area contributed by atoms with E-state index in [-0.39, 0.29) is 36.6 Å². The molecule has 3 rings (SSSR count). The van der Waals surface area contributed by atoms with Crippen molar-refractivity contribution in [2.75, 3.05) is 13.6 Å². The first-order valence-electron chi connectivity index (χ1n) is 8.02. The number of aliphatic hydroxyl groups excluding tert-OH is 1. The van der Waals surface area contributed by atoms with Crippen LogP contribution in [0.2, 0.25) is 0 Å². The van der Waals surface area contributed by atoms with E-state index in [1.54, 1.807) is 30.3 Å². The number of nitrogens with zero attached hydrogens (tertiary/aromatic N) is 4. The quantitative estimate of drug-likeness (QED) is 0.871. The van der Waals surface area contributed by atoms with Gasteiger partial charge in [0, 0.05) is 32.1 Å². The van der Waals surface area contributed by atoms with Gasteiger partial charge < -0.3 is 10.0 Å². The molecule has 2 heterocycles. The van der Waals surface area contributed by atoms with Crippen LogP contribution in [0.5, 0.6) is 0 Å². The van der Waals surface area contributed by atoms with Crippen LogP contribution < -0.4 is 5.69 Å². The molecule has 2 unspecified atom stereocenters. The Morgan fingerprint density at radius 3 is 2.96 bits per heavy atom. The van der Waals surface area contributed by atoms with Gasteiger partial charge in [-0.2, -0.15) is 0 Å². The van der Waals surface area contributed by atoms with Gasteiger partial charge in [-0.15, -0.1) is 5.10 Å². The lowest BCUT2D eigenvalue weighted by Crippen LogP contribution is -2.35. The summed E-state index contributed by atoms with van der Waals surface area (Å²) < 4.78 is 2.79. The van der Waals surface area contributed by atoms with Gasteiger partial charge in [0.15, 0.2) is 5.65 Å². The van der Waals surface area contributed by atoms with E-state index in [0.717, 1.165) is 19.3 Å². The van der Waals surface area contributed by atoms with E-state index in [4.69, 9.17) is 0 Å². The zero-order valence-electron chi connectivity index (χ0n) is 13.3. The summed E-state index contributed by atoms with van der Waals surface area (Å²) in [5.74, 6) is 0.134. The molecule has 0 saturated heterocycles. The van der Waals surface area contributed by atoms with Crippen molar-refractivity contribution in [2.24, 2.45) is 5.92 Å². The molecule has 1 saturated carbocycles. The van der Waals surface area contributed by atoms with Crippen LogP contribution in [0, 0.1) is 5.92 Å². The lowest BCUT2D eigenvalue weighted by atomic mass is 10.1. The number of pyridine rings is 1. The first-order chi connectivity index (χ1) is 11.1. The predicted octanol–water partition coefficient (Wildman–Crippen LogP) is 0.505. The maximum absolute atomic E-state index is 12.2. The molecular weight excluding hydrogens is 296 g/mol. The van der Waals surface area contributed by atoms with Crippen molar-refractivity contribution < 1.29 is 9.90 Å². The fourth-order valence-corrected chi connectivity index (χ4v) is 3.19. The van der Waals surface area contributed by atoms with Crippen molar-refractivity contribution >= 4 is 11.6 Å². The van der Waals surface area contributed by atoms with Crippen LogP contribution in [0.3, 0.4) is 0 Å². The molecule has 2 aromatic rings. The summed E-state index contributed by atoms with van der Waals surface area (Å²) >= 11 is 0. The molecule has 124 valence electrons. The molecule has 1 amide bonds. The summed E-state index contributed by atoms with van der Waals surface area (Å²) in [6, 6.07) is 5.34. The number of rotatable bonds is 5. The van der Waals surface area contributed by atoms with Crippen LogP contribution in [0.25, 0.3) is 5.65 Å². The van der Waals surface area contributed by atoms with E-state index in [9.17, 15) is 14.7 Å². The van der Waals surface area contributed by atoms with Gasteiger partial charge in [0.2, 0.25) is 5.91 Å². The van der Waals surface area contributed by atoms with E-state index < -0.39 is 0 Å². The molecule has 7 heteroatoms. The molecular formula is C16H22N4O3. The summed E-state index contributed by atoms with van der Waals surface area (Å²) in [4.78, 5) is 26.0. The van der Waals surface area contributed by atoms with E-state index in [1.165, 1.54) is 9.08 Å². The summed E-state index contributed by atoms with van der Waals surface area (Å²) in [5, 5.41) is 14.1. The summed E-state index contributed by atoms with van der Waals surface area (Å²) in [6.45, 7) is 0.830. The minimum atomic E-state index is -0.300. The van der Waals surface area contributed by atoms with Gasteiger partial charge in [-0.1, -0.05) is 12.5 Å². The van der Waals surface area contributed by atoms with Crippen LogP contribution in [-0.4, -0.2) is 49.8 Å². The Bertz CT molecular complexity index is 751. The van der Waals surface area contributed by atoms with Crippen molar-refractivity contribution in [3.8, 4) is 0 Å². The van der Waals surface area contributed by atoms with Crippen LogP contribution in [0.4, 0.5) is 0 Å². The van der Waals surface area contributed by atoms with Crippen molar-refractivity contribution in [3.05, 3.63) is 34.9 Å². The molecule has 1 aliphatic carbocycles. The molecule has 0 radical (unpaired) electrons. The van der Waals surface area contributed by atoms with Gasteiger partial charge in [0.1, 0.15) is 0 Å². The number of aryl methyl sites for hydroxylation is 1. The Morgan fingerprint density at radius 1 is 1.43 bits per heavy atom. The Kier molecular flexibility index (Phi) is 4.47. The minimum absolute atomic E-state index is 0.0342. The lowest BCUT2D eigenvalue weighted by molar-refractivity contribution is -0.131. The highest BCUT2D eigenvalue weighted by Crippen LogP contribution is 2.26. The van der Waals surface area contributed by atoms with Crippen molar-refractivity contribution in [1.82, 2.24) is 19.1 Å². The Hall–Kier alpha value is -2.15. The first-order valence-corrected chi connectivity index (χ1v) is 8.02. The molecule has 1 fully saturated rings. The molecule has 23 heavy (non-hydrogen) atoms. The van der Waals surface area contributed by atoms with Gasteiger partial charge in [-0.05, 0) is 25.0 Å². The van der Waals surface area contributed by atoms with Crippen LogP contribution in [-0.2, 0) is 11.3 Å². The highest BCUT2D eigenvalue weighted by molar-refractivity contribution is 5.75. The second-order valence-electron chi connectivity index (χ2n) is 6.22. The van der Waals surface area contributed by atoms with Gasteiger partial charge in [0.25, 0.3) is 0 Å². The Balaban J connectivity index is 1.59. The number of aromatic nitrogens is 3. The third-order valence-electron chi connectivity index (χ3n) is 4.58. The van der Waals surface area contributed by atoms with Gasteiger partial charge >= 0.3 is 5.69 Å². The summed E-state index contributed by atoms with van der Waals surface area (Å²) in [7, 11) is 1.75. The minimum Gasteiger partial charge on any atom is -0.393 e. The average molecular weight is 318 g/mol. The Morgan fingerprint density at radius 2 is 2.26 bits per heavy atom. The topological polar surface area (TPSA) is 79.8 Å². The molecule has 0 aromatic carbocycles. The number of aliphatic hydroxyl groups is 1. The monoisotopic (exact) mass is 318 g/mol. The van der Waals surface area contributed by atoms with Crippen LogP contribution >= 0.6 is 0 Å². The normalized spacial score (nSPS) is 21.0. The van der Waals surface area contributed by atoms with E-state index in [0.29, 0.717) is 12.2 Å². The van der Waals surface area contributed by atoms with Crippen molar-refractivity contribution in [1.29, 1.82) is 0 Å². The van der Waals surface area contributed by atoms with E-state index in [1.807, 2.05) is 6.07 Å².